The molecule has 1 aliphatic carbocycles. The third kappa shape index (κ3) is 3.82. The third-order valence-corrected chi connectivity index (χ3v) is 6.06. The van der Waals surface area contributed by atoms with Gasteiger partial charge in [0.2, 0.25) is 5.91 Å². The second kappa shape index (κ2) is 7.48. The first-order chi connectivity index (χ1) is 14.2. The Labute approximate surface area is 170 Å². The summed E-state index contributed by atoms with van der Waals surface area (Å²) in [5.41, 5.74) is 3.56. The number of nitrogens with one attached hydrogen (secondary N) is 1. The molecule has 1 aromatic carbocycles. The molecule has 7 nitrogen and oxygen atoms in total. The van der Waals surface area contributed by atoms with Crippen molar-refractivity contribution in [1.82, 2.24) is 29.5 Å². The van der Waals surface area contributed by atoms with Crippen molar-refractivity contribution in [2.24, 2.45) is 13.0 Å². The van der Waals surface area contributed by atoms with Crippen LogP contribution in [-0.2, 0) is 18.4 Å². The van der Waals surface area contributed by atoms with Crippen LogP contribution in [0, 0.1) is 5.92 Å². The minimum absolute atomic E-state index is 0.128. The molecule has 0 bridgehead atoms. The average molecular weight is 390 g/mol. The lowest BCUT2D eigenvalue weighted by molar-refractivity contribution is -0.123. The van der Waals surface area contributed by atoms with Crippen LogP contribution in [-0.4, -0.2) is 49.3 Å². The van der Waals surface area contributed by atoms with Crippen molar-refractivity contribution in [1.29, 1.82) is 0 Å². The standard InChI is InChI=1S/C22H26N6O/c1-26-21(8-9-24-26)19-13-27(14-20(19)25-22(29)17-4-5-17)12-16-2-6-18(7-3-16)28-11-10-23-15-28/h2-3,6-11,15,17,19-20H,4-5,12-14H2,1H3,(H,25,29)/t19-,20-/m1/s1. The lowest BCUT2D eigenvalue weighted by Gasteiger charge is -2.20. The smallest absolute Gasteiger partial charge is 0.223 e. The van der Waals surface area contributed by atoms with Crippen molar-refractivity contribution < 1.29 is 4.79 Å². The third-order valence-electron chi connectivity index (χ3n) is 6.06. The fourth-order valence-electron chi connectivity index (χ4n) is 4.30. The fraction of sp³-hybridized carbons (Fsp3) is 0.409. The van der Waals surface area contributed by atoms with E-state index >= 15 is 0 Å². The number of amides is 1. The van der Waals surface area contributed by atoms with Gasteiger partial charge in [0.25, 0.3) is 0 Å². The number of carbonyl (C=O) groups excluding carboxylic acids is 1. The van der Waals surface area contributed by atoms with E-state index in [0.717, 1.165) is 38.2 Å². The van der Waals surface area contributed by atoms with Crippen LogP contribution in [0.1, 0.15) is 30.0 Å². The zero-order valence-corrected chi connectivity index (χ0v) is 16.6. The molecular formula is C22H26N6O. The number of hydrogen-bond donors (Lipinski definition) is 1. The van der Waals surface area contributed by atoms with Crippen molar-refractivity contribution in [3.63, 3.8) is 0 Å². The maximum Gasteiger partial charge on any atom is 0.223 e. The van der Waals surface area contributed by atoms with Gasteiger partial charge >= 0.3 is 0 Å². The summed E-state index contributed by atoms with van der Waals surface area (Å²) in [5.74, 6) is 0.705. The molecule has 0 spiro atoms. The van der Waals surface area contributed by atoms with Crippen molar-refractivity contribution in [3.8, 4) is 5.69 Å². The largest absolute Gasteiger partial charge is 0.351 e. The summed E-state index contributed by atoms with van der Waals surface area (Å²) < 4.78 is 3.94. The molecule has 29 heavy (non-hydrogen) atoms. The lowest BCUT2D eigenvalue weighted by atomic mass is 9.99. The van der Waals surface area contributed by atoms with Crippen LogP contribution in [0.15, 0.2) is 55.2 Å². The molecule has 1 saturated heterocycles. The molecule has 2 atom stereocenters. The van der Waals surface area contributed by atoms with Gasteiger partial charge in [0.05, 0.1) is 12.4 Å². The highest BCUT2D eigenvalue weighted by Gasteiger charge is 2.39. The Balaban J connectivity index is 1.30. The second-order valence-corrected chi connectivity index (χ2v) is 8.21. The highest BCUT2D eigenvalue weighted by Crippen LogP contribution is 2.32. The number of aryl methyl sites for hydroxylation is 1. The van der Waals surface area contributed by atoms with Crippen molar-refractivity contribution in [2.75, 3.05) is 13.1 Å². The van der Waals surface area contributed by atoms with Crippen LogP contribution in [0.5, 0.6) is 0 Å². The first-order valence-corrected chi connectivity index (χ1v) is 10.3. The Kier molecular flexibility index (Phi) is 4.67. The van der Waals surface area contributed by atoms with Crippen LogP contribution in [0.3, 0.4) is 0 Å². The predicted molar refractivity (Wildman–Crippen MR) is 109 cm³/mol. The van der Waals surface area contributed by atoms with Gasteiger partial charge in [0.1, 0.15) is 0 Å². The van der Waals surface area contributed by atoms with Gasteiger partial charge in [-0.3, -0.25) is 14.4 Å². The van der Waals surface area contributed by atoms with E-state index in [0.29, 0.717) is 0 Å². The molecule has 1 N–H and O–H groups in total. The lowest BCUT2D eigenvalue weighted by Crippen LogP contribution is -2.41. The van der Waals surface area contributed by atoms with Gasteiger partial charge in [-0.25, -0.2) is 4.98 Å². The maximum absolute atomic E-state index is 12.4. The Hall–Kier alpha value is -2.93. The van der Waals surface area contributed by atoms with Crippen molar-refractivity contribution in [2.45, 2.75) is 31.3 Å². The highest BCUT2D eigenvalue weighted by molar-refractivity contribution is 5.81. The van der Waals surface area contributed by atoms with Gasteiger partial charge in [-0.2, -0.15) is 5.10 Å². The van der Waals surface area contributed by atoms with E-state index in [1.165, 1.54) is 11.3 Å². The summed E-state index contributed by atoms with van der Waals surface area (Å²) in [5, 5.41) is 7.66. The summed E-state index contributed by atoms with van der Waals surface area (Å²) in [6, 6.07) is 10.8. The number of nitrogens with zero attached hydrogens (tertiary/aromatic N) is 5. The number of benzene rings is 1. The first kappa shape index (κ1) is 18.1. The van der Waals surface area contributed by atoms with Crippen molar-refractivity contribution in [3.05, 3.63) is 66.5 Å². The molecule has 7 heteroatoms. The van der Waals surface area contributed by atoms with E-state index in [2.05, 4.69) is 50.6 Å². The van der Waals surface area contributed by atoms with Gasteiger partial charge in [0.15, 0.2) is 0 Å². The van der Waals surface area contributed by atoms with E-state index in [1.807, 2.05) is 28.7 Å². The normalized spacial score (nSPS) is 22.1. The number of hydrogen-bond acceptors (Lipinski definition) is 4. The molecule has 1 amide bonds. The summed E-state index contributed by atoms with van der Waals surface area (Å²) >= 11 is 0. The number of rotatable bonds is 6. The van der Waals surface area contributed by atoms with E-state index in [-0.39, 0.29) is 23.8 Å². The molecule has 2 aliphatic rings. The molecule has 1 aliphatic heterocycles. The van der Waals surface area contributed by atoms with Crippen molar-refractivity contribution >= 4 is 5.91 Å². The fourth-order valence-corrected chi connectivity index (χ4v) is 4.30. The minimum atomic E-state index is 0.128. The first-order valence-electron chi connectivity index (χ1n) is 10.3. The number of imidazole rings is 1. The van der Waals surface area contributed by atoms with Crippen LogP contribution >= 0.6 is 0 Å². The molecule has 2 fully saturated rings. The van der Waals surface area contributed by atoms with Crippen LogP contribution in [0.25, 0.3) is 5.69 Å². The zero-order valence-electron chi connectivity index (χ0n) is 16.6. The Bertz CT molecular complexity index is 973. The molecule has 5 rings (SSSR count). The molecule has 3 heterocycles. The maximum atomic E-state index is 12.4. The highest BCUT2D eigenvalue weighted by atomic mass is 16.2. The molecule has 150 valence electrons. The monoisotopic (exact) mass is 390 g/mol. The van der Waals surface area contributed by atoms with E-state index in [4.69, 9.17) is 0 Å². The second-order valence-electron chi connectivity index (χ2n) is 8.21. The van der Waals surface area contributed by atoms with Crippen LogP contribution in [0.4, 0.5) is 0 Å². The number of likely N-dealkylation sites (tertiary alicyclic amines) is 1. The summed E-state index contributed by atoms with van der Waals surface area (Å²) in [6.45, 7) is 2.64. The molecule has 2 aromatic heterocycles. The van der Waals surface area contributed by atoms with Gasteiger partial charge in [-0.05, 0) is 36.6 Å². The average Bonchev–Trinajstić information content (AvgIpc) is 3.09. The Morgan fingerprint density at radius 2 is 1.97 bits per heavy atom. The summed E-state index contributed by atoms with van der Waals surface area (Å²) in [7, 11) is 1.98. The van der Waals surface area contributed by atoms with E-state index in [9.17, 15) is 4.79 Å². The molecule has 3 aromatic rings. The summed E-state index contributed by atoms with van der Waals surface area (Å²) in [4.78, 5) is 19.0. The SMILES string of the molecule is Cn1nccc1[C@@H]1CN(Cc2ccc(-n3ccnc3)cc2)C[C@H]1NC(=O)C1CC1. The number of carbonyl (C=O) groups is 1. The van der Waals surface area contributed by atoms with Gasteiger partial charge in [0, 0.05) is 68.5 Å². The minimum Gasteiger partial charge on any atom is -0.351 e. The van der Waals surface area contributed by atoms with Crippen LogP contribution < -0.4 is 5.32 Å². The quantitative estimate of drug-likeness (QED) is 0.700. The summed E-state index contributed by atoms with van der Waals surface area (Å²) in [6.07, 6.45) is 9.44. The van der Waals surface area contributed by atoms with Gasteiger partial charge < -0.3 is 9.88 Å². The molecule has 0 unspecified atom stereocenters. The van der Waals surface area contributed by atoms with E-state index in [1.54, 1.807) is 12.5 Å². The van der Waals surface area contributed by atoms with Gasteiger partial charge in [-0.1, -0.05) is 12.1 Å². The topological polar surface area (TPSA) is 68.0 Å². The van der Waals surface area contributed by atoms with Gasteiger partial charge in [-0.15, -0.1) is 0 Å². The zero-order chi connectivity index (χ0) is 19.8. The number of aromatic nitrogens is 4. The Morgan fingerprint density at radius 1 is 1.14 bits per heavy atom. The molecule has 0 radical (unpaired) electrons. The predicted octanol–water partition coefficient (Wildman–Crippen LogP) is 2.10. The molecular weight excluding hydrogens is 364 g/mol. The van der Waals surface area contributed by atoms with Crippen LogP contribution in [0.2, 0.25) is 0 Å². The molecule has 1 saturated carbocycles. The van der Waals surface area contributed by atoms with E-state index < -0.39 is 0 Å². The Morgan fingerprint density at radius 3 is 2.62 bits per heavy atom.